The predicted octanol–water partition coefficient (Wildman–Crippen LogP) is 4.46. The SMILES string of the molecule is CCOCCN1CCC(C(Nc2ccc(F)cc2)c2ccc(F)cc2)CC1.Cl.O. The van der Waals surface area contributed by atoms with E-state index in [2.05, 4.69) is 10.2 Å². The van der Waals surface area contributed by atoms with Crippen molar-refractivity contribution in [2.24, 2.45) is 5.92 Å². The van der Waals surface area contributed by atoms with Crippen molar-refractivity contribution in [2.45, 2.75) is 25.8 Å². The number of nitrogens with zero attached hydrogens (tertiary/aromatic N) is 1. The molecule has 1 aliphatic rings. The van der Waals surface area contributed by atoms with Gasteiger partial charge < -0.3 is 20.4 Å². The molecule has 0 radical (unpaired) electrons. The van der Waals surface area contributed by atoms with E-state index in [-0.39, 0.29) is 35.6 Å². The molecule has 7 heteroatoms. The predicted molar refractivity (Wildman–Crippen MR) is 116 cm³/mol. The zero-order valence-corrected chi connectivity index (χ0v) is 17.6. The van der Waals surface area contributed by atoms with Crippen molar-refractivity contribution in [2.75, 3.05) is 38.2 Å². The fourth-order valence-electron chi connectivity index (χ4n) is 3.72. The van der Waals surface area contributed by atoms with Crippen LogP contribution in [0.4, 0.5) is 14.5 Å². The Morgan fingerprint density at radius 1 is 1.00 bits per heavy atom. The zero-order chi connectivity index (χ0) is 19.1. The average Bonchev–Trinajstić information content (AvgIpc) is 2.69. The van der Waals surface area contributed by atoms with Crippen LogP contribution < -0.4 is 5.32 Å². The second-order valence-electron chi connectivity index (χ2n) is 7.06. The van der Waals surface area contributed by atoms with E-state index in [1.54, 1.807) is 12.1 Å². The van der Waals surface area contributed by atoms with Crippen molar-refractivity contribution in [1.29, 1.82) is 0 Å². The smallest absolute Gasteiger partial charge is 0.123 e. The summed E-state index contributed by atoms with van der Waals surface area (Å²) in [5.74, 6) is -0.0460. The van der Waals surface area contributed by atoms with Gasteiger partial charge in [-0.1, -0.05) is 12.1 Å². The van der Waals surface area contributed by atoms with E-state index >= 15 is 0 Å². The van der Waals surface area contributed by atoms with Crippen LogP contribution in [0.3, 0.4) is 0 Å². The number of hydrogen-bond donors (Lipinski definition) is 1. The van der Waals surface area contributed by atoms with E-state index in [0.717, 1.165) is 56.9 Å². The maximum absolute atomic E-state index is 13.4. The van der Waals surface area contributed by atoms with E-state index in [0.29, 0.717) is 5.92 Å². The monoisotopic (exact) mass is 428 g/mol. The summed E-state index contributed by atoms with van der Waals surface area (Å²) in [7, 11) is 0. The summed E-state index contributed by atoms with van der Waals surface area (Å²) in [5.41, 5.74) is 1.94. The fourth-order valence-corrected chi connectivity index (χ4v) is 3.72. The number of hydrogen-bond acceptors (Lipinski definition) is 3. The molecule has 3 N–H and O–H groups in total. The number of benzene rings is 2. The van der Waals surface area contributed by atoms with Crippen LogP contribution in [0.1, 0.15) is 31.4 Å². The molecule has 2 aromatic carbocycles. The number of ether oxygens (including phenoxy) is 1. The molecule has 1 fully saturated rings. The van der Waals surface area contributed by atoms with Crippen molar-refractivity contribution in [1.82, 2.24) is 4.90 Å². The lowest BCUT2D eigenvalue weighted by Gasteiger charge is -2.37. The van der Waals surface area contributed by atoms with Gasteiger partial charge in [0.2, 0.25) is 0 Å². The Kier molecular flexibility index (Phi) is 11.1. The van der Waals surface area contributed by atoms with Crippen LogP contribution in [0.5, 0.6) is 0 Å². The highest BCUT2D eigenvalue weighted by Crippen LogP contribution is 2.34. The number of rotatable bonds is 8. The van der Waals surface area contributed by atoms with Gasteiger partial charge in [0, 0.05) is 18.8 Å². The van der Waals surface area contributed by atoms with Gasteiger partial charge in [0.1, 0.15) is 11.6 Å². The molecule has 3 rings (SSSR count). The lowest BCUT2D eigenvalue weighted by molar-refractivity contribution is 0.0932. The Morgan fingerprint density at radius 2 is 1.55 bits per heavy atom. The number of halogens is 3. The van der Waals surface area contributed by atoms with E-state index in [4.69, 9.17) is 4.74 Å². The van der Waals surface area contributed by atoms with E-state index in [1.165, 1.54) is 24.3 Å². The third kappa shape index (κ3) is 7.55. The molecule has 0 bridgehead atoms. The molecular formula is C22H31ClF2N2O2. The quantitative estimate of drug-likeness (QED) is 0.631. The van der Waals surface area contributed by atoms with Crippen molar-refractivity contribution >= 4 is 18.1 Å². The van der Waals surface area contributed by atoms with Gasteiger partial charge in [-0.3, -0.25) is 0 Å². The summed E-state index contributed by atoms with van der Waals surface area (Å²) >= 11 is 0. The second kappa shape index (κ2) is 12.8. The summed E-state index contributed by atoms with van der Waals surface area (Å²) in [6, 6.07) is 13.2. The summed E-state index contributed by atoms with van der Waals surface area (Å²) < 4.78 is 32.1. The van der Waals surface area contributed by atoms with Crippen LogP contribution >= 0.6 is 12.4 Å². The van der Waals surface area contributed by atoms with Gasteiger partial charge in [0.15, 0.2) is 0 Å². The van der Waals surface area contributed by atoms with Crippen LogP contribution in [-0.4, -0.2) is 43.2 Å². The van der Waals surface area contributed by atoms with Crippen LogP contribution in [0, 0.1) is 17.6 Å². The molecule has 0 aliphatic carbocycles. The van der Waals surface area contributed by atoms with E-state index < -0.39 is 0 Å². The van der Waals surface area contributed by atoms with Gasteiger partial charge in [0.05, 0.1) is 12.6 Å². The van der Waals surface area contributed by atoms with Crippen LogP contribution in [0.25, 0.3) is 0 Å². The zero-order valence-electron chi connectivity index (χ0n) is 16.7. The molecular weight excluding hydrogens is 398 g/mol. The number of piperidine rings is 1. The molecule has 0 amide bonds. The van der Waals surface area contributed by atoms with Crippen molar-refractivity contribution in [3.05, 3.63) is 65.7 Å². The fraction of sp³-hybridized carbons (Fsp3) is 0.455. The molecule has 0 saturated carbocycles. The molecule has 2 aromatic rings. The van der Waals surface area contributed by atoms with Crippen molar-refractivity contribution in [3.8, 4) is 0 Å². The van der Waals surface area contributed by atoms with Gasteiger partial charge in [0.25, 0.3) is 0 Å². The first kappa shape index (κ1) is 25.3. The summed E-state index contributed by atoms with van der Waals surface area (Å²) in [6.07, 6.45) is 2.12. The number of anilines is 1. The Labute approximate surface area is 178 Å². The molecule has 1 aliphatic heterocycles. The molecule has 162 valence electrons. The largest absolute Gasteiger partial charge is 0.412 e. The minimum atomic E-state index is -0.249. The maximum Gasteiger partial charge on any atom is 0.123 e. The highest BCUT2D eigenvalue weighted by molar-refractivity contribution is 5.85. The Hall–Kier alpha value is -1.73. The minimum absolute atomic E-state index is 0. The maximum atomic E-state index is 13.4. The molecule has 4 nitrogen and oxygen atoms in total. The number of nitrogens with one attached hydrogen (secondary N) is 1. The van der Waals surface area contributed by atoms with Gasteiger partial charge in [-0.25, -0.2) is 8.78 Å². The third-order valence-corrected chi connectivity index (χ3v) is 5.26. The summed E-state index contributed by atoms with van der Waals surface area (Å²) in [5, 5.41) is 3.55. The lowest BCUT2D eigenvalue weighted by atomic mass is 9.85. The van der Waals surface area contributed by atoms with E-state index in [1.807, 2.05) is 19.1 Å². The standard InChI is InChI=1S/C22H28F2N2O.ClH.H2O/c1-2-27-16-15-26-13-11-18(12-14-26)22(17-3-5-19(23)6-4-17)25-21-9-7-20(24)8-10-21;;/h3-10,18,22,25H,2,11-16H2,1H3;1H;1H2. The molecule has 1 heterocycles. The second-order valence-corrected chi connectivity index (χ2v) is 7.06. The summed E-state index contributed by atoms with van der Waals surface area (Å²) in [4.78, 5) is 2.44. The van der Waals surface area contributed by atoms with E-state index in [9.17, 15) is 8.78 Å². The Bertz CT molecular complexity index is 693. The first-order chi connectivity index (χ1) is 13.2. The van der Waals surface area contributed by atoms with Gasteiger partial charge in [-0.2, -0.15) is 0 Å². The highest BCUT2D eigenvalue weighted by atomic mass is 35.5. The first-order valence-electron chi connectivity index (χ1n) is 9.73. The number of likely N-dealkylation sites (tertiary alicyclic amines) is 1. The average molecular weight is 429 g/mol. The van der Waals surface area contributed by atoms with Gasteiger partial charge >= 0.3 is 0 Å². The van der Waals surface area contributed by atoms with Crippen LogP contribution in [0.2, 0.25) is 0 Å². The molecule has 1 atom stereocenters. The molecule has 0 aromatic heterocycles. The third-order valence-electron chi connectivity index (χ3n) is 5.26. The lowest BCUT2D eigenvalue weighted by Crippen LogP contribution is -2.38. The molecule has 29 heavy (non-hydrogen) atoms. The van der Waals surface area contributed by atoms with Crippen LogP contribution in [-0.2, 0) is 4.74 Å². The molecule has 0 spiro atoms. The first-order valence-corrected chi connectivity index (χ1v) is 9.73. The highest BCUT2D eigenvalue weighted by Gasteiger charge is 2.27. The van der Waals surface area contributed by atoms with Crippen molar-refractivity contribution < 1.29 is 19.0 Å². The molecule has 1 saturated heterocycles. The van der Waals surface area contributed by atoms with Crippen molar-refractivity contribution in [3.63, 3.8) is 0 Å². The normalized spacial score (nSPS) is 15.8. The van der Waals surface area contributed by atoms with Gasteiger partial charge in [-0.15, -0.1) is 12.4 Å². The minimum Gasteiger partial charge on any atom is -0.412 e. The van der Waals surface area contributed by atoms with Gasteiger partial charge in [-0.05, 0) is 80.7 Å². The Morgan fingerprint density at radius 3 is 2.10 bits per heavy atom. The molecule has 1 unspecified atom stereocenters. The topological polar surface area (TPSA) is 56.0 Å². The van der Waals surface area contributed by atoms with Crippen LogP contribution in [0.15, 0.2) is 48.5 Å². The Balaban J connectivity index is 0.00000210. The summed E-state index contributed by atoms with van der Waals surface area (Å²) in [6.45, 7) is 6.57.